The number of carbonyl (C=O) groups excluding carboxylic acids is 1. The van der Waals surface area contributed by atoms with E-state index < -0.39 is 4.92 Å². The van der Waals surface area contributed by atoms with E-state index in [4.69, 9.17) is 10.1 Å². The summed E-state index contributed by atoms with van der Waals surface area (Å²) in [5, 5.41) is 20.5. The van der Waals surface area contributed by atoms with Crippen LogP contribution in [-0.4, -0.2) is 21.0 Å². The quantitative estimate of drug-likeness (QED) is 0.501. The minimum absolute atomic E-state index is 0.107. The van der Waals surface area contributed by atoms with Crippen molar-refractivity contribution in [3.63, 3.8) is 0 Å². The molecule has 8 nitrogen and oxygen atoms in total. The van der Waals surface area contributed by atoms with Gasteiger partial charge in [-0.25, -0.2) is 4.98 Å². The van der Waals surface area contributed by atoms with Crippen LogP contribution in [0.25, 0.3) is 6.08 Å². The Bertz CT molecular complexity index is 847. The molecular formula is C15H10N4O4S. The molecule has 24 heavy (non-hydrogen) atoms. The van der Waals surface area contributed by atoms with Gasteiger partial charge < -0.3 is 10.1 Å². The number of nitrogens with zero attached hydrogens (tertiary/aromatic N) is 2. The first-order valence-corrected chi connectivity index (χ1v) is 7.51. The second kappa shape index (κ2) is 6.50. The van der Waals surface area contributed by atoms with Crippen molar-refractivity contribution in [1.82, 2.24) is 10.3 Å². The van der Waals surface area contributed by atoms with Crippen molar-refractivity contribution in [2.45, 2.75) is 0 Å². The molecule has 120 valence electrons. The van der Waals surface area contributed by atoms with Gasteiger partial charge in [0.1, 0.15) is 11.9 Å². The fourth-order valence-electron chi connectivity index (χ4n) is 1.89. The van der Waals surface area contributed by atoms with E-state index in [0.29, 0.717) is 10.7 Å². The number of thioether (sulfide) groups is 1. The Morgan fingerprint density at radius 3 is 2.54 bits per heavy atom. The zero-order chi connectivity index (χ0) is 17.1. The van der Waals surface area contributed by atoms with Crippen LogP contribution in [0, 0.1) is 15.5 Å². The van der Waals surface area contributed by atoms with Gasteiger partial charge >= 0.3 is 0 Å². The van der Waals surface area contributed by atoms with E-state index in [-0.39, 0.29) is 22.6 Å². The van der Waals surface area contributed by atoms with Gasteiger partial charge in [0.05, 0.1) is 9.83 Å². The Morgan fingerprint density at radius 1 is 1.25 bits per heavy atom. The number of amides is 1. The van der Waals surface area contributed by atoms with Gasteiger partial charge in [0.2, 0.25) is 5.88 Å². The van der Waals surface area contributed by atoms with Crippen LogP contribution in [0.3, 0.4) is 0 Å². The fraction of sp³-hybridized carbons (Fsp3) is 0. The summed E-state index contributed by atoms with van der Waals surface area (Å²) in [5.74, 6) is 0.459. The number of benzene rings is 1. The van der Waals surface area contributed by atoms with Gasteiger partial charge in [0.25, 0.3) is 11.6 Å². The van der Waals surface area contributed by atoms with Crippen molar-refractivity contribution in [3.05, 3.63) is 63.2 Å². The molecule has 2 aromatic rings. The third kappa shape index (κ3) is 3.58. The molecule has 1 amide bonds. The van der Waals surface area contributed by atoms with Crippen molar-refractivity contribution in [1.29, 1.82) is 5.41 Å². The first-order valence-electron chi connectivity index (χ1n) is 6.69. The molecule has 0 radical (unpaired) electrons. The maximum Gasteiger partial charge on any atom is 0.287 e. The van der Waals surface area contributed by atoms with Crippen molar-refractivity contribution >= 4 is 34.6 Å². The lowest BCUT2D eigenvalue weighted by atomic mass is 10.2. The topological polar surface area (TPSA) is 118 Å². The van der Waals surface area contributed by atoms with E-state index in [2.05, 4.69) is 10.3 Å². The van der Waals surface area contributed by atoms with Crippen LogP contribution in [0.2, 0.25) is 0 Å². The van der Waals surface area contributed by atoms with Gasteiger partial charge in [-0.15, -0.1) is 0 Å². The van der Waals surface area contributed by atoms with Crippen molar-refractivity contribution in [3.8, 4) is 11.6 Å². The highest BCUT2D eigenvalue weighted by molar-refractivity contribution is 8.18. The monoisotopic (exact) mass is 342 g/mol. The number of pyridine rings is 1. The molecule has 2 N–H and O–H groups in total. The van der Waals surface area contributed by atoms with E-state index in [1.165, 1.54) is 12.1 Å². The van der Waals surface area contributed by atoms with E-state index >= 15 is 0 Å². The molecule has 3 rings (SSSR count). The molecule has 1 saturated heterocycles. The van der Waals surface area contributed by atoms with Crippen LogP contribution >= 0.6 is 11.8 Å². The Hall–Kier alpha value is -3.20. The second-order valence-corrected chi connectivity index (χ2v) is 5.73. The Labute approximate surface area is 140 Å². The molecule has 0 atom stereocenters. The van der Waals surface area contributed by atoms with Crippen LogP contribution in [0.1, 0.15) is 5.56 Å². The number of amidine groups is 1. The lowest BCUT2D eigenvalue weighted by molar-refractivity contribution is -0.385. The summed E-state index contributed by atoms with van der Waals surface area (Å²) in [6.07, 6.45) is 2.80. The summed E-state index contributed by atoms with van der Waals surface area (Å²) in [6.45, 7) is 0. The molecule has 2 heterocycles. The molecule has 0 aliphatic carbocycles. The number of hydrogen-bond donors (Lipinski definition) is 2. The number of carbonyl (C=O) groups is 1. The predicted octanol–water partition coefficient (Wildman–Crippen LogP) is 2.92. The number of rotatable bonds is 4. The first kappa shape index (κ1) is 15.7. The zero-order valence-electron chi connectivity index (χ0n) is 12.1. The van der Waals surface area contributed by atoms with Crippen LogP contribution in [-0.2, 0) is 4.79 Å². The average Bonchev–Trinajstić information content (AvgIpc) is 2.87. The lowest BCUT2D eigenvalue weighted by Gasteiger charge is -2.04. The maximum atomic E-state index is 11.6. The average molecular weight is 342 g/mol. The molecule has 1 aromatic heterocycles. The maximum absolute atomic E-state index is 11.6. The van der Waals surface area contributed by atoms with Crippen molar-refractivity contribution < 1.29 is 14.5 Å². The number of ether oxygens (including phenoxy) is 1. The second-order valence-electron chi connectivity index (χ2n) is 4.68. The van der Waals surface area contributed by atoms with Gasteiger partial charge in [0, 0.05) is 12.1 Å². The van der Waals surface area contributed by atoms with Crippen LogP contribution < -0.4 is 10.1 Å². The Balaban J connectivity index is 1.70. The van der Waals surface area contributed by atoms with Gasteiger partial charge in [-0.2, -0.15) is 0 Å². The highest BCUT2D eigenvalue weighted by Crippen LogP contribution is 2.26. The standard InChI is InChI=1S/C15H10N4O4S/c16-15-18-14(20)12(24-15)7-9-1-4-11(5-2-9)23-13-6-3-10(8-17-13)19(21)22/h1-8H,(H2,16,18,20)/b12-7-. The third-order valence-electron chi connectivity index (χ3n) is 2.99. The van der Waals surface area contributed by atoms with Gasteiger partial charge in [-0.05, 0) is 35.5 Å². The van der Waals surface area contributed by atoms with Gasteiger partial charge in [-0.3, -0.25) is 20.3 Å². The molecule has 1 fully saturated rings. The molecule has 0 unspecified atom stereocenters. The van der Waals surface area contributed by atoms with Crippen LogP contribution in [0.4, 0.5) is 5.69 Å². The highest BCUT2D eigenvalue weighted by Gasteiger charge is 2.22. The Morgan fingerprint density at radius 2 is 2.00 bits per heavy atom. The molecule has 0 saturated carbocycles. The third-order valence-corrected chi connectivity index (χ3v) is 3.82. The molecule has 1 aromatic carbocycles. The van der Waals surface area contributed by atoms with E-state index in [1.54, 1.807) is 30.3 Å². The minimum atomic E-state index is -0.532. The van der Waals surface area contributed by atoms with Crippen molar-refractivity contribution in [2.24, 2.45) is 0 Å². The summed E-state index contributed by atoms with van der Waals surface area (Å²) < 4.78 is 5.50. The number of nitro groups is 1. The number of aromatic nitrogens is 1. The summed E-state index contributed by atoms with van der Waals surface area (Å²) in [5.41, 5.74) is 0.675. The minimum Gasteiger partial charge on any atom is -0.439 e. The van der Waals surface area contributed by atoms with E-state index in [1.807, 2.05) is 0 Å². The highest BCUT2D eigenvalue weighted by atomic mass is 32.2. The Kier molecular flexibility index (Phi) is 4.25. The molecule has 0 spiro atoms. The molecule has 1 aliphatic rings. The summed E-state index contributed by atoms with van der Waals surface area (Å²) in [4.78, 5) is 25.9. The summed E-state index contributed by atoms with van der Waals surface area (Å²) in [6, 6.07) is 9.62. The number of nitrogens with one attached hydrogen (secondary N) is 2. The SMILES string of the molecule is N=C1NC(=O)/C(=C/c2ccc(Oc3ccc([N+](=O)[O-])cn3)cc2)S1. The molecule has 1 aliphatic heterocycles. The fourth-order valence-corrected chi connectivity index (χ4v) is 2.59. The van der Waals surface area contributed by atoms with Gasteiger partial charge in [-0.1, -0.05) is 12.1 Å². The number of hydrogen-bond acceptors (Lipinski definition) is 7. The molecule has 9 heteroatoms. The summed E-state index contributed by atoms with van der Waals surface area (Å²) >= 11 is 1.07. The van der Waals surface area contributed by atoms with E-state index in [0.717, 1.165) is 23.5 Å². The normalized spacial score (nSPS) is 15.4. The van der Waals surface area contributed by atoms with Crippen LogP contribution in [0.5, 0.6) is 11.6 Å². The molecular weight excluding hydrogens is 332 g/mol. The lowest BCUT2D eigenvalue weighted by Crippen LogP contribution is -2.18. The summed E-state index contributed by atoms with van der Waals surface area (Å²) in [7, 11) is 0. The first-order chi connectivity index (χ1) is 11.5. The van der Waals surface area contributed by atoms with Crippen molar-refractivity contribution in [2.75, 3.05) is 0 Å². The smallest absolute Gasteiger partial charge is 0.287 e. The molecule has 0 bridgehead atoms. The predicted molar refractivity (Wildman–Crippen MR) is 88.8 cm³/mol. The van der Waals surface area contributed by atoms with Crippen LogP contribution in [0.15, 0.2) is 47.5 Å². The largest absolute Gasteiger partial charge is 0.439 e. The van der Waals surface area contributed by atoms with Gasteiger partial charge in [0.15, 0.2) is 5.17 Å². The zero-order valence-corrected chi connectivity index (χ0v) is 12.9. The van der Waals surface area contributed by atoms with E-state index in [9.17, 15) is 14.9 Å².